The molecule has 1 fully saturated rings. The van der Waals surface area contributed by atoms with Crippen molar-refractivity contribution in [1.29, 1.82) is 0 Å². The van der Waals surface area contributed by atoms with Crippen molar-refractivity contribution in [2.45, 2.75) is 10.2 Å². The lowest BCUT2D eigenvalue weighted by Crippen LogP contribution is -2.50. The van der Waals surface area contributed by atoms with E-state index in [-0.39, 0.29) is 17.7 Å². The van der Waals surface area contributed by atoms with E-state index in [9.17, 15) is 9.59 Å². The van der Waals surface area contributed by atoms with Gasteiger partial charge in [0.2, 0.25) is 11.8 Å². The van der Waals surface area contributed by atoms with Crippen LogP contribution in [-0.2, 0) is 13.9 Å². The molecule has 3 aliphatic carbocycles. The molecule has 1 saturated heterocycles. The zero-order chi connectivity index (χ0) is 23.0. The first-order chi connectivity index (χ1) is 16.6. The van der Waals surface area contributed by atoms with E-state index < -0.39 is 16.2 Å². The molecule has 2 atom stereocenters. The van der Waals surface area contributed by atoms with Gasteiger partial charge in [0.05, 0.1) is 21.8 Å². The molecule has 0 radical (unpaired) electrons. The van der Waals surface area contributed by atoms with Crippen molar-refractivity contribution < 1.29 is 9.59 Å². The molecule has 4 aliphatic rings. The Morgan fingerprint density at radius 3 is 1.88 bits per heavy atom. The average molecular weight is 506 g/mol. The first kappa shape index (κ1) is 19.9. The molecule has 0 spiro atoms. The standard InChI is InChI=1S/C30H20BrNO2/c31-30-22-15-7-4-13-20(22)25(21-14-5-8-16-23(21)30)26-27(30)29(34)32(28(26)33)24-17-9-6-12-19(24)18-10-2-1-3-11-18/h1-17,25-27H/t25?,26-,27-,30?/m0/s1. The second-order valence-corrected chi connectivity index (χ2v) is 10.5. The average Bonchev–Trinajstić information content (AvgIpc) is 3.16. The largest absolute Gasteiger partial charge is 0.274 e. The number of alkyl halides is 1. The maximum Gasteiger partial charge on any atom is 0.239 e. The van der Waals surface area contributed by atoms with Crippen molar-refractivity contribution in [3.63, 3.8) is 0 Å². The molecule has 1 heterocycles. The molecule has 164 valence electrons. The molecule has 4 heteroatoms. The van der Waals surface area contributed by atoms with Crippen LogP contribution < -0.4 is 4.90 Å². The van der Waals surface area contributed by atoms with Gasteiger partial charge in [0, 0.05) is 11.5 Å². The van der Waals surface area contributed by atoms with Gasteiger partial charge in [-0.1, -0.05) is 113 Å². The number of hydrogen-bond donors (Lipinski definition) is 0. The van der Waals surface area contributed by atoms with Gasteiger partial charge in [0.15, 0.2) is 0 Å². The van der Waals surface area contributed by atoms with Gasteiger partial charge in [-0.05, 0) is 33.9 Å². The lowest BCUT2D eigenvalue weighted by Gasteiger charge is -2.51. The summed E-state index contributed by atoms with van der Waals surface area (Å²) in [6.07, 6.45) is 0. The molecule has 0 N–H and O–H groups in total. The van der Waals surface area contributed by atoms with Crippen molar-refractivity contribution in [3.05, 3.63) is 125 Å². The third kappa shape index (κ3) is 2.36. The van der Waals surface area contributed by atoms with E-state index >= 15 is 0 Å². The Hall–Kier alpha value is -3.50. The fraction of sp³-hybridized carbons (Fsp3) is 0.133. The van der Waals surface area contributed by atoms with Crippen molar-refractivity contribution in [1.82, 2.24) is 0 Å². The molecular weight excluding hydrogens is 486 g/mol. The predicted octanol–water partition coefficient (Wildman–Crippen LogP) is 6.26. The Bertz CT molecular complexity index is 1450. The minimum atomic E-state index is -0.733. The number of anilines is 1. The molecule has 0 aromatic heterocycles. The van der Waals surface area contributed by atoms with Crippen molar-refractivity contribution in [2.75, 3.05) is 4.90 Å². The Morgan fingerprint density at radius 1 is 0.647 bits per heavy atom. The third-order valence-electron chi connectivity index (χ3n) is 7.74. The van der Waals surface area contributed by atoms with Crippen molar-refractivity contribution >= 4 is 33.4 Å². The van der Waals surface area contributed by atoms with Crippen LogP contribution >= 0.6 is 15.9 Å². The number of imide groups is 1. The zero-order valence-corrected chi connectivity index (χ0v) is 19.8. The number of nitrogens with zero attached hydrogens (tertiary/aromatic N) is 1. The number of para-hydroxylation sites is 1. The zero-order valence-electron chi connectivity index (χ0n) is 18.2. The summed E-state index contributed by atoms with van der Waals surface area (Å²) < 4.78 is -0.733. The lowest BCUT2D eigenvalue weighted by molar-refractivity contribution is -0.122. The van der Waals surface area contributed by atoms with Gasteiger partial charge in [-0.15, -0.1) is 0 Å². The Kier molecular flexibility index (Phi) is 4.10. The van der Waals surface area contributed by atoms with Gasteiger partial charge >= 0.3 is 0 Å². The van der Waals surface area contributed by atoms with Crippen LogP contribution in [0.25, 0.3) is 11.1 Å². The van der Waals surface area contributed by atoms with E-state index in [4.69, 9.17) is 0 Å². The smallest absolute Gasteiger partial charge is 0.239 e. The van der Waals surface area contributed by atoms with Crippen LogP contribution in [0.15, 0.2) is 103 Å². The van der Waals surface area contributed by atoms with Gasteiger partial charge in [0.1, 0.15) is 0 Å². The first-order valence-corrected chi connectivity index (χ1v) is 12.3. The SMILES string of the molecule is O=C1[C@@H]2[C@@H](C(=O)N1c1ccccc1-c1ccccc1)C1c3ccccc3C2(Br)c2ccccc21. The third-order valence-corrected chi connectivity index (χ3v) is 9.09. The molecule has 2 bridgehead atoms. The van der Waals surface area contributed by atoms with Crippen LogP contribution in [0.1, 0.15) is 28.2 Å². The molecule has 2 amide bonds. The summed E-state index contributed by atoms with van der Waals surface area (Å²) in [6, 6.07) is 34.2. The quantitative estimate of drug-likeness (QED) is 0.238. The van der Waals surface area contributed by atoms with E-state index in [0.717, 1.165) is 33.4 Å². The Balaban J connectivity index is 1.46. The summed E-state index contributed by atoms with van der Waals surface area (Å²) in [6.45, 7) is 0. The fourth-order valence-electron chi connectivity index (χ4n) is 6.45. The first-order valence-electron chi connectivity index (χ1n) is 11.5. The summed E-state index contributed by atoms with van der Waals surface area (Å²) in [5.41, 5.74) is 6.99. The Morgan fingerprint density at radius 2 is 1.21 bits per heavy atom. The van der Waals surface area contributed by atoms with Gasteiger partial charge in [-0.2, -0.15) is 0 Å². The number of hydrogen-bond acceptors (Lipinski definition) is 2. The number of rotatable bonds is 2. The molecular formula is C30H20BrNO2. The summed E-state index contributed by atoms with van der Waals surface area (Å²) in [5, 5.41) is 0. The topological polar surface area (TPSA) is 37.4 Å². The predicted molar refractivity (Wildman–Crippen MR) is 136 cm³/mol. The lowest BCUT2D eigenvalue weighted by atomic mass is 9.55. The highest BCUT2D eigenvalue weighted by atomic mass is 79.9. The number of amides is 2. The van der Waals surface area contributed by atoms with E-state index in [1.807, 2.05) is 78.9 Å². The normalized spacial score (nSPS) is 26.3. The molecule has 0 unspecified atom stereocenters. The second kappa shape index (κ2) is 7.00. The van der Waals surface area contributed by atoms with Gasteiger partial charge in [0.25, 0.3) is 0 Å². The van der Waals surface area contributed by atoms with Crippen LogP contribution in [0.5, 0.6) is 0 Å². The molecule has 8 rings (SSSR count). The summed E-state index contributed by atoms with van der Waals surface area (Å²) in [4.78, 5) is 29.9. The van der Waals surface area contributed by atoms with E-state index in [1.54, 1.807) is 0 Å². The maximum atomic E-state index is 14.2. The highest BCUT2D eigenvalue weighted by molar-refractivity contribution is 9.09. The Labute approximate surface area is 206 Å². The van der Waals surface area contributed by atoms with E-state index in [0.29, 0.717) is 5.69 Å². The van der Waals surface area contributed by atoms with Gasteiger partial charge < -0.3 is 0 Å². The van der Waals surface area contributed by atoms with Crippen molar-refractivity contribution in [3.8, 4) is 11.1 Å². The molecule has 3 nitrogen and oxygen atoms in total. The summed E-state index contributed by atoms with van der Waals surface area (Å²) >= 11 is 4.07. The molecule has 4 aromatic carbocycles. The summed E-state index contributed by atoms with van der Waals surface area (Å²) in [5.74, 6) is -1.33. The van der Waals surface area contributed by atoms with Crippen molar-refractivity contribution in [2.24, 2.45) is 11.8 Å². The van der Waals surface area contributed by atoms with Crippen LogP contribution in [0.3, 0.4) is 0 Å². The minimum absolute atomic E-state index is 0.115. The van der Waals surface area contributed by atoms with Gasteiger partial charge in [-0.3, -0.25) is 9.59 Å². The monoisotopic (exact) mass is 505 g/mol. The van der Waals surface area contributed by atoms with Crippen LogP contribution in [0.2, 0.25) is 0 Å². The maximum absolute atomic E-state index is 14.2. The molecule has 0 saturated carbocycles. The number of carbonyl (C=O) groups excluding carboxylic acids is 2. The highest BCUT2D eigenvalue weighted by Crippen LogP contribution is 2.66. The van der Waals surface area contributed by atoms with E-state index in [1.165, 1.54) is 4.90 Å². The fourth-order valence-corrected chi connectivity index (χ4v) is 7.65. The molecule has 1 aliphatic heterocycles. The molecule has 4 aromatic rings. The number of halogens is 1. The number of carbonyl (C=O) groups is 2. The van der Waals surface area contributed by atoms with Crippen LogP contribution in [0.4, 0.5) is 5.69 Å². The highest BCUT2D eigenvalue weighted by Gasteiger charge is 2.67. The minimum Gasteiger partial charge on any atom is -0.274 e. The second-order valence-electron chi connectivity index (χ2n) is 9.26. The molecule has 34 heavy (non-hydrogen) atoms. The van der Waals surface area contributed by atoms with Crippen LogP contribution in [-0.4, -0.2) is 11.8 Å². The van der Waals surface area contributed by atoms with Crippen LogP contribution in [0, 0.1) is 11.8 Å². The number of benzene rings is 4. The van der Waals surface area contributed by atoms with E-state index in [2.05, 4.69) is 40.2 Å². The van der Waals surface area contributed by atoms with Gasteiger partial charge in [-0.25, -0.2) is 4.90 Å². The summed E-state index contributed by atoms with van der Waals surface area (Å²) in [7, 11) is 0.